The Morgan fingerprint density at radius 2 is 2.12 bits per heavy atom. The van der Waals surface area contributed by atoms with Crippen LogP contribution in [-0.4, -0.2) is 11.2 Å². The summed E-state index contributed by atoms with van der Waals surface area (Å²) in [6.45, 7) is 1.87. The van der Waals surface area contributed by atoms with Gasteiger partial charge in [0, 0.05) is 11.6 Å². The smallest absolute Gasteiger partial charge is 0.204 e. The molecular formula is C13H11N3S. The highest BCUT2D eigenvalue weighted by Crippen LogP contribution is 2.31. The Morgan fingerprint density at radius 1 is 1.24 bits per heavy atom. The lowest BCUT2D eigenvalue weighted by atomic mass is 10.1. The molecule has 0 atom stereocenters. The molecule has 0 aliphatic rings. The third kappa shape index (κ3) is 1.76. The maximum Gasteiger partial charge on any atom is 0.204 e. The lowest BCUT2D eigenvalue weighted by molar-refractivity contribution is 1.31. The SMILES string of the molecule is CC=NNc1nc2c(ccc3ccccc32)s1. The zero-order chi connectivity index (χ0) is 11.7. The van der Waals surface area contributed by atoms with Crippen LogP contribution in [0.2, 0.25) is 0 Å². The molecule has 2 aromatic carbocycles. The molecular weight excluding hydrogens is 230 g/mol. The monoisotopic (exact) mass is 241 g/mol. The maximum absolute atomic E-state index is 4.57. The van der Waals surface area contributed by atoms with E-state index in [0.29, 0.717) is 0 Å². The number of benzene rings is 2. The molecule has 0 bridgehead atoms. The van der Waals surface area contributed by atoms with Crippen LogP contribution < -0.4 is 5.43 Å². The molecule has 1 N–H and O–H groups in total. The van der Waals surface area contributed by atoms with Gasteiger partial charge in [-0.25, -0.2) is 4.98 Å². The van der Waals surface area contributed by atoms with Crippen molar-refractivity contribution in [3.8, 4) is 0 Å². The topological polar surface area (TPSA) is 37.3 Å². The first-order chi connectivity index (χ1) is 8.38. The van der Waals surface area contributed by atoms with Gasteiger partial charge in [0.15, 0.2) is 0 Å². The van der Waals surface area contributed by atoms with Crippen molar-refractivity contribution in [2.24, 2.45) is 5.10 Å². The molecule has 0 saturated heterocycles. The van der Waals surface area contributed by atoms with Crippen molar-refractivity contribution >= 4 is 43.7 Å². The van der Waals surface area contributed by atoms with Crippen LogP contribution in [0.3, 0.4) is 0 Å². The Kier molecular flexibility index (Phi) is 2.49. The third-order valence-electron chi connectivity index (χ3n) is 2.57. The number of hydrogen-bond acceptors (Lipinski definition) is 4. The van der Waals surface area contributed by atoms with Crippen molar-refractivity contribution < 1.29 is 0 Å². The summed E-state index contributed by atoms with van der Waals surface area (Å²) in [6, 6.07) is 12.5. The van der Waals surface area contributed by atoms with Gasteiger partial charge in [0.2, 0.25) is 5.13 Å². The van der Waals surface area contributed by atoms with Crippen molar-refractivity contribution in [2.75, 3.05) is 5.43 Å². The Morgan fingerprint density at radius 3 is 3.00 bits per heavy atom. The van der Waals surface area contributed by atoms with Gasteiger partial charge in [-0.2, -0.15) is 5.10 Å². The summed E-state index contributed by atoms with van der Waals surface area (Å²) in [6.07, 6.45) is 1.71. The first-order valence-corrected chi connectivity index (χ1v) is 6.22. The second-order valence-electron chi connectivity index (χ2n) is 3.65. The molecule has 4 heteroatoms. The Labute approximate surface area is 103 Å². The standard InChI is InChI=1S/C13H11N3S/c1-2-14-16-13-15-12-10-6-4-3-5-9(10)7-8-11(12)17-13/h2-8H,1H3,(H,15,16). The van der Waals surface area contributed by atoms with E-state index in [1.54, 1.807) is 17.6 Å². The number of hydrogen-bond donors (Lipinski definition) is 1. The van der Waals surface area contributed by atoms with Crippen molar-refractivity contribution in [3.63, 3.8) is 0 Å². The number of rotatable bonds is 2. The highest BCUT2D eigenvalue weighted by Gasteiger charge is 2.06. The van der Waals surface area contributed by atoms with Gasteiger partial charge >= 0.3 is 0 Å². The van der Waals surface area contributed by atoms with Gasteiger partial charge in [-0.3, -0.25) is 5.43 Å². The van der Waals surface area contributed by atoms with Crippen LogP contribution in [0.15, 0.2) is 41.5 Å². The van der Waals surface area contributed by atoms with Crippen molar-refractivity contribution in [1.82, 2.24) is 4.98 Å². The summed E-state index contributed by atoms with van der Waals surface area (Å²) in [5.74, 6) is 0. The molecule has 3 rings (SSSR count). The van der Waals surface area contributed by atoms with Gasteiger partial charge in [0.05, 0.1) is 10.2 Å². The van der Waals surface area contributed by atoms with Gasteiger partial charge in [0.25, 0.3) is 0 Å². The van der Waals surface area contributed by atoms with Crippen molar-refractivity contribution in [3.05, 3.63) is 36.4 Å². The van der Waals surface area contributed by atoms with E-state index in [1.807, 2.05) is 19.1 Å². The minimum Gasteiger partial charge on any atom is -0.253 e. The number of nitrogens with zero attached hydrogens (tertiary/aromatic N) is 2. The molecule has 1 heterocycles. The van der Waals surface area contributed by atoms with Gasteiger partial charge in [-0.05, 0) is 18.4 Å². The van der Waals surface area contributed by atoms with E-state index in [-0.39, 0.29) is 0 Å². The van der Waals surface area contributed by atoms with Crippen LogP contribution in [0.4, 0.5) is 5.13 Å². The largest absolute Gasteiger partial charge is 0.253 e. The zero-order valence-corrected chi connectivity index (χ0v) is 10.2. The predicted octanol–water partition coefficient (Wildman–Crippen LogP) is 3.87. The summed E-state index contributed by atoms with van der Waals surface area (Å²) < 4.78 is 1.18. The number of aromatic nitrogens is 1. The fourth-order valence-electron chi connectivity index (χ4n) is 1.83. The number of hydrazone groups is 1. The quantitative estimate of drug-likeness (QED) is 0.546. The molecule has 3 aromatic rings. The highest BCUT2D eigenvalue weighted by atomic mass is 32.1. The average molecular weight is 241 g/mol. The predicted molar refractivity (Wildman–Crippen MR) is 74.9 cm³/mol. The van der Waals surface area contributed by atoms with Crippen molar-refractivity contribution in [1.29, 1.82) is 0 Å². The van der Waals surface area contributed by atoms with Crippen LogP contribution in [0.1, 0.15) is 6.92 Å². The fraction of sp³-hybridized carbons (Fsp3) is 0.0769. The van der Waals surface area contributed by atoms with Gasteiger partial charge in [-0.15, -0.1) is 0 Å². The summed E-state index contributed by atoms with van der Waals surface area (Å²) in [4.78, 5) is 4.57. The van der Waals surface area contributed by atoms with Gasteiger partial charge < -0.3 is 0 Å². The molecule has 0 fully saturated rings. The van der Waals surface area contributed by atoms with E-state index in [2.05, 4.69) is 39.8 Å². The first kappa shape index (κ1) is 10.2. The normalized spacial score (nSPS) is 11.6. The number of anilines is 1. The zero-order valence-electron chi connectivity index (χ0n) is 9.34. The van der Waals surface area contributed by atoms with E-state index >= 15 is 0 Å². The van der Waals surface area contributed by atoms with Crippen LogP contribution >= 0.6 is 11.3 Å². The second-order valence-corrected chi connectivity index (χ2v) is 4.68. The van der Waals surface area contributed by atoms with E-state index in [0.717, 1.165) is 10.6 Å². The van der Waals surface area contributed by atoms with Gasteiger partial charge in [-0.1, -0.05) is 41.7 Å². The second kappa shape index (κ2) is 4.14. The lowest BCUT2D eigenvalue weighted by Gasteiger charge is -1.96. The third-order valence-corrected chi connectivity index (χ3v) is 3.50. The van der Waals surface area contributed by atoms with E-state index in [4.69, 9.17) is 0 Å². The number of thiazole rings is 1. The molecule has 0 aliphatic carbocycles. The summed E-state index contributed by atoms with van der Waals surface area (Å²) in [5.41, 5.74) is 3.97. The minimum atomic E-state index is 0.828. The summed E-state index contributed by atoms with van der Waals surface area (Å²) in [7, 11) is 0. The molecule has 0 unspecified atom stereocenters. The Balaban J connectivity index is 2.24. The minimum absolute atomic E-state index is 0.828. The van der Waals surface area contributed by atoms with E-state index in [1.165, 1.54) is 15.5 Å². The van der Waals surface area contributed by atoms with Crippen LogP contribution in [-0.2, 0) is 0 Å². The molecule has 3 nitrogen and oxygen atoms in total. The molecule has 0 amide bonds. The van der Waals surface area contributed by atoms with E-state index < -0.39 is 0 Å². The highest BCUT2D eigenvalue weighted by molar-refractivity contribution is 7.22. The van der Waals surface area contributed by atoms with Crippen molar-refractivity contribution in [2.45, 2.75) is 6.92 Å². The average Bonchev–Trinajstić information content (AvgIpc) is 2.79. The number of nitrogens with one attached hydrogen (secondary N) is 1. The fourth-order valence-corrected chi connectivity index (χ4v) is 2.66. The van der Waals surface area contributed by atoms with Crippen LogP contribution in [0, 0.1) is 0 Å². The molecule has 0 spiro atoms. The molecule has 84 valence electrons. The van der Waals surface area contributed by atoms with Gasteiger partial charge in [0.1, 0.15) is 0 Å². The Hall–Kier alpha value is -1.94. The molecule has 1 aromatic heterocycles. The molecule has 0 aliphatic heterocycles. The van der Waals surface area contributed by atoms with E-state index in [9.17, 15) is 0 Å². The van der Waals surface area contributed by atoms with Crippen LogP contribution in [0.25, 0.3) is 21.0 Å². The molecule has 0 saturated carbocycles. The molecule has 17 heavy (non-hydrogen) atoms. The lowest BCUT2D eigenvalue weighted by Crippen LogP contribution is -1.85. The maximum atomic E-state index is 4.57. The Bertz CT molecular complexity index is 700. The van der Waals surface area contributed by atoms with Crippen LogP contribution in [0.5, 0.6) is 0 Å². The molecule has 0 radical (unpaired) electrons. The first-order valence-electron chi connectivity index (χ1n) is 5.40. The number of fused-ring (bicyclic) bond motifs is 3. The summed E-state index contributed by atoms with van der Waals surface area (Å²) >= 11 is 1.62. The summed E-state index contributed by atoms with van der Waals surface area (Å²) in [5, 5.41) is 7.23.